The number of piperidine rings is 1. The molecule has 5 rings (SSSR count). The highest BCUT2D eigenvalue weighted by molar-refractivity contribution is 5.83. The number of anilines is 2. The number of rotatable bonds is 5. The average molecular weight is 444 g/mol. The number of hydrogen-bond donors (Lipinski definition) is 2. The van der Waals surface area contributed by atoms with Gasteiger partial charge in [0.05, 0.1) is 29.7 Å². The van der Waals surface area contributed by atoms with E-state index in [1.165, 1.54) is 0 Å². The molecule has 0 aliphatic carbocycles. The van der Waals surface area contributed by atoms with Crippen molar-refractivity contribution in [3.8, 4) is 0 Å². The van der Waals surface area contributed by atoms with E-state index in [-0.39, 0.29) is 17.9 Å². The number of aromatic nitrogens is 3. The van der Waals surface area contributed by atoms with Gasteiger partial charge in [0, 0.05) is 50.2 Å². The number of benzene rings is 1. The molecule has 0 bridgehead atoms. The van der Waals surface area contributed by atoms with E-state index >= 15 is 0 Å². The minimum atomic E-state index is -0.146. The number of nitrogens with one attached hydrogen (secondary N) is 2. The van der Waals surface area contributed by atoms with E-state index in [1.807, 2.05) is 78.7 Å². The van der Waals surface area contributed by atoms with Gasteiger partial charge in [-0.2, -0.15) is 5.10 Å². The maximum absolute atomic E-state index is 12.8. The van der Waals surface area contributed by atoms with Gasteiger partial charge in [0.25, 0.3) is 0 Å². The molecule has 4 heterocycles. The van der Waals surface area contributed by atoms with Crippen molar-refractivity contribution in [2.24, 2.45) is 7.05 Å². The van der Waals surface area contributed by atoms with Gasteiger partial charge in [-0.1, -0.05) is 30.3 Å². The lowest BCUT2D eigenvalue weighted by Gasteiger charge is -2.39. The van der Waals surface area contributed by atoms with Crippen LogP contribution in [-0.2, 0) is 11.8 Å². The number of hydrazine groups is 1. The molecule has 0 radical (unpaired) electrons. The molecule has 2 aromatic heterocycles. The lowest BCUT2D eigenvalue weighted by Crippen LogP contribution is -2.46. The number of fused-ring (bicyclic) bond motifs is 1. The molecule has 2 N–H and O–H groups in total. The number of pyridine rings is 1. The van der Waals surface area contributed by atoms with Crippen molar-refractivity contribution in [3.05, 3.63) is 78.4 Å². The van der Waals surface area contributed by atoms with Crippen LogP contribution in [0.1, 0.15) is 36.8 Å². The first-order valence-corrected chi connectivity index (χ1v) is 11.4. The SMILES string of the molecule is CC(C(=O)NC1CCN(C2=CNN(c3ccnn3C)c3cnccc32)CC1)c1ccccc1. The largest absolute Gasteiger partial charge is 0.370 e. The summed E-state index contributed by atoms with van der Waals surface area (Å²) in [7, 11) is 1.92. The first-order valence-electron chi connectivity index (χ1n) is 11.4. The quantitative estimate of drug-likeness (QED) is 0.631. The fourth-order valence-corrected chi connectivity index (χ4v) is 4.58. The van der Waals surface area contributed by atoms with Crippen LogP contribution in [0.15, 0.2) is 67.3 Å². The van der Waals surface area contributed by atoms with Crippen molar-refractivity contribution in [2.45, 2.75) is 31.7 Å². The topological polar surface area (TPSA) is 78.3 Å². The van der Waals surface area contributed by atoms with Crippen molar-refractivity contribution in [1.29, 1.82) is 0 Å². The van der Waals surface area contributed by atoms with E-state index in [0.717, 1.165) is 54.3 Å². The molecular formula is C25H29N7O. The molecule has 170 valence electrons. The van der Waals surface area contributed by atoms with Gasteiger partial charge < -0.3 is 10.2 Å². The van der Waals surface area contributed by atoms with Crippen LogP contribution in [0, 0.1) is 0 Å². The smallest absolute Gasteiger partial charge is 0.227 e. The fourth-order valence-electron chi connectivity index (χ4n) is 4.58. The zero-order valence-electron chi connectivity index (χ0n) is 19.0. The van der Waals surface area contributed by atoms with Crippen LogP contribution in [0.4, 0.5) is 11.5 Å². The van der Waals surface area contributed by atoms with Gasteiger partial charge in [-0.15, -0.1) is 0 Å². The summed E-state index contributed by atoms with van der Waals surface area (Å²) in [6.45, 7) is 3.73. The first-order chi connectivity index (χ1) is 16.1. The molecule has 1 fully saturated rings. The number of hydrogen-bond acceptors (Lipinski definition) is 6. The van der Waals surface area contributed by atoms with Crippen LogP contribution in [-0.4, -0.2) is 44.7 Å². The van der Waals surface area contributed by atoms with E-state index < -0.39 is 0 Å². The lowest BCUT2D eigenvalue weighted by atomic mass is 9.98. The highest BCUT2D eigenvalue weighted by atomic mass is 16.1. The van der Waals surface area contributed by atoms with Crippen LogP contribution in [0.3, 0.4) is 0 Å². The molecule has 2 aliphatic heterocycles. The van der Waals surface area contributed by atoms with E-state index in [1.54, 1.807) is 6.20 Å². The lowest BCUT2D eigenvalue weighted by molar-refractivity contribution is -0.123. The second kappa shape index (κ2) is 8.97. The summed E-state index contributed by atoms with van der Waals surface area (Å²) in [6, 6.07) is 14.2. The number of carbonyl (C=O) groups is 1. The molecule has 8 heteroatoms. The van der Waals surface area contributed by atoms with Gasteiger partial charge in [0.15, 0.2) is 0 Å². The summed E-state index contributed by atoms with van der Waals surface area (Å²) in [5.41, 5.74) is 7.72. The summed E-state index contributed by atoms with van der Waals surface area (Å²) in [4.78, 5) is 19.5. The van der Waals surface area contributed by atoms with Crippen molar-refractivity contribution in [1.82, 2.24) is 30.4 Å². The Balaban J connectivity index is 1.25. The summed E-state index contributed by atoms with van der Waals surface area (Å²) >= 11 is 0. The molecule has 3 aromatic rings. The van der Waals surface area contributed by atoms with Gasteiger partial charge >= 0.3 is 0 Å². The third-order valence-electron chi connectivity index (χ3n) is 6.55. The Morgan fingerprint density at radius 1 is 1.12 bits per heavy atom. The van der Waals surface area contributed by atoms with E-state index in [2.05, 4.69) is 31.8 Å². The van der Waals surface area contributed by atoms with Gasteiger partial charge in [-0.05, 0) is 31.4 Å². The summed E-state index contributed by atoms with van der Waals surface area (Å²) in [6.07, 6.45) is 9.36. The van der Waals surface area contributed by atoms with Crippen LogP contribution in [0.25, 0.3) is 5.70 Å². The second-order valence-corrected chi connectivity index (χ2v) is 8.60. The predicted molar refractivity (Wildman–Crippen MR) is 128 cm³/mol. The Labute approximate surface area is 193 Å². The van der Waals surface area contributed by atoms with Crippen LogP contribution in [0.5, 0.6) is 0 Å². The summed E-state index contributed by atoms with van der Waals surface area (Å²) in [5, 5.41) is 9.55. The Morgan fingerprint density at radius 3 is 2.64 bits per heavy atom. The Morgan fingerprint density at radius 2 is 1.91 bits per heavy atom. The first kappa shape index (κ1) is 21.1. The zero-order chi connectivity index (χ0) is 22.8. The van der Waals surface area contributed by atoms with Crippen LogP contribution >= 0.6 is 0 Å². The molecule has 1 amide bonds. The predicted octanol–water partition coefficient (Wildman–Crippen LogP) is 3.15. The zero-order valence-corrected chi connectivity index (χ0v) is 19.0. The highest BCUT2D eigenvalue weighted by Gasteiger charge is 2.29. The molecule has 1 aromatic carbocycles. The van der Waals surface area contributed by atoms with E-state index in [0.29, 0.717) is 0 Å². The Hall–Kier alpha value is -3.81. The number of aryl methyl sites for hydroxylation is 1. The minimum Gasteiger partial charge on any atom is -0.370 e. The van der Waals surface area contributed by atoms with E-state index in [9.17, 15) is 4.79 Å². The molecule has 1 unspecified atom stereocenters. The van der Waals surface area contributed by atoms with Crippen molar-refractivity contribution < 1.29 is 4.79 Å². The molecule has 1 atom stereocenters. The minimum absolute atomic E-state index is 0.0986. The fraction of sp³-hybridized carbons (Fsp3) is 0.320. The maximum Gasteiger partial charge on any atom is 0.227 e. The van der Waals surface area contributed by atoms with Gasteiger partial charge in [0.1, 0.15) is 5.82 Å². The Bertz CT molecular complexity index is 1150. The molecule has 33 heavy (non-hydrogen) atoms. The summed E-state index contributed by atoms with van der Waals surface area (Å²) < 4.78 is 1.83. The van der Waals surface area contributed by atoms with Crippen molar-refractivity contribution in [2.75, 3.05) is 18.1 Å². The van der Waals surface area contributed by atoms with Gasteiger partial charge in [-0.3, -0.25) is 19.9 Å². The molecule has 2 aliphatic rings. The van der Waals surface area contributed by atoms with Crippen molar-refractivity contribution >= 4 is 23.1 Å². The number of likely N-dealkylation sites (tertiary alicyclic amines) is 1. The monoisotopic (exact) mass is 443 g/mol. The van der Waals surface area contributed by atoms with Crippen molar-refractivity contribution in [3.63, 3.8) is 0 Å². The Kier molecular flexibility index (Phi) is 5.73. The molecule has 1 saturated heterocycles. The van der Waals surface area contributed by atoms with Crippen LogP contribution in [0.2, 0.25) is 0 Å². The average Bonchev–Trinajstić information content (AvgIpc) is 3.29. The third kappa shape index (κ3) is 4.16. The van der Waals surface area contributed by atoms with Gasteiger partial charge in [-0.25, -0.2) is 5.01 Å². The van der Waals surface area contributed by atoms with Crippen LogP contribution < -0.4 is 15.8 Å². The molecular weight excluding hydrogens is 414 g/mol. The normalized spacial score (nSPS) is 17.1. The second-order valence-electron chi connectivity index (χ2n) is 8.60. The molecule has 0 saturated carbocycles. The van der Waals surface area contributed by atoms with E-state index in [4.69, 9.17) is 0 Å². The highest BCUT2D eigenvalue weighted by Crippen LogP contribution is 2.35. The molecule has 8 nitrogen and oxygen atoms in total. The van der Waals surface area contributed by atoms with Gasteiger partial charge in [0.2, 0.25) is 5.91 Å². The number of nitrogens with zero attached hydrogens (tertiary/aromatic N) is 5. The standard InChI is InChI=1S/C25H29N7O/c1-18(19-6-4-3-5-7-19)25(33)29-20-10-14-31(15-11-20)22-17-28-32(24-9-13-27-30(24)2)23-16-26-12-8-21(22)23/h3-9,12-13,16-18,20,28H,10-11,14-15H2,1-2H3,(H,29,33). The number of carbonyl (C=O) groups excluding carboxylic acids is 1. The molecule has 0 spiro atoms. The summed E-state index contributed by atoms with van der Waals surface area (Å²) in [5.74, 6) is 0.891. The third-order valence-corrected chi connectivity index (χ3v) is 6.55. The maximum atomic E-state index is 12.8. The number of amides is 1.